The minimum Gasteiger partial charge on any atom is -0.311 e. The molecule has 0 saturated heterocycles. The number of carbonyl (C=O) groups excluding carboxylic acids is 1. The third kappa shape index (κ3) is 4.19. The molecule has 6 nitrogen and oxygen atoms in total. The Balaban J connectivity index is 1.78. The topological polar surface area (TPSA) is 83.1 Å². The fraction of sp³-hybridized carbons (Fsp3) is 0.217. The van der Waals surface area contributed by atoms with E-state index in [1.165, 1.54) is 17.4 Å². The van der Waals surface area contributed by atoms with Gasteiger partial charge in [0.2, 0.25) is 0 Å². The zero-order valence-corrected chi connectivity index (χ0v) is 18.7. The predicted molar refractivity (Wildman–Crippen MR) is 119 cm³/mol. The number of nitrogens with zero attached hydrogens (tertiary/aromatic N) is 4. The normalized spacial score (nSPS) is 11.5. The van der Waals surface area contributed by atoms with Crippen molar-refractivity contribution in [2.45, 2.75) is 33.4 Å². The second kappa shape index (κ2) is 8.33. The molecule has 4 aromatic rings. The number of alkyl halides is 3. The van der Waals surface area contributed by atoms with Crippen molar-refractivity contribution >= 4 is 27.9 Å². The summed E-state index contributed by atoms with van der Waals surface area (Å²) < 4.78 is 42.0. The van der Waals surface area contributed by atoms with Gasteiger partial charge in [-0.1, -0.05) is 36.8 Å². The molecule has 168 valence electrons. The Kier molecular flexibility index (Phi) is 5.68. The minimum atomic E-state index is -4.71. The zero-order chi connectivity index (χ0) is 23.9. The molecule has 0 spiro atoms. The first-order valence-corrected chi connectivity index (χ1v) is 10.8. The van der Waals surface area contributed by atoms with Crippen molar-refractivity contribution in [3.63, 3.8) is 0 Å². The van der Waals surface area contributed by atoms with Gasteiger partial charge >= 0.3 is 6.18 Å². The van der Waals surface area contributed by atoms with Crippen molar-refractivity contribution in [2.24, 2.45) is 0 Å². The van der Waals surface area contributed by atoms with E-state index < -0.39 is 17.8 Å². The van der Waals surface area contributed by atoms with Gasteiger partial charge < -0.3 is 5.32 Å². The van der Waals surface area contributed by atoms with Crippen molar-refractivity contribution in [3.05, 3.63) is 69.4 Å². The van der Waals surface area contributed by atoms with Crippen molar-refractivity contribution in [1.82, 2.24) is 14.6 Å². The Morgan fingerprint density at radius 2 is 1.91 bits per heavy atom. The van der Waals surface area contributed by atoms with Crippen molar-refractivity contribution in [2.75, 3.05) is 5.32 Å². The molecule has 3 aromatic heterocycles. The number of amides is 1. The van der Waals surface area contributed by atoms with Gasteiger partial charge in [-0.15, -0.1) is 11.3 Å². The van der Waals surface area contributed by atoms with Crippen LogP contribution in [0, 0.1) is 25.2 Å². The van der Waals surface area contributed by atoms with Gasteiger partial charge in [0, 0.05) is 16.5 Å². The highest BCUT2D eigenvalue weighted by Gasteiger charge is 2.35. The van der Waals surface area contributed by atoms with Gasteiger partial charge in [0.05, 0.1) is 11.3 Å². The first-order valence-electron chi connectivity index (χ1n) is 10.0. The molecule has 4 rings (SSSR count). The molecule has 0 aliphatic rings. The second-order valence-corrected chi connectivity index (χ2v) is 8.68. The lowest BCUT2D eigenvalue weighted by Crippen LogP contribution is -2.15. The third-order valence-electron chi connectivity index (χ3n) is 5.20. The maximum atomic E-state index is 13.8. The Morgan fingerprint density at radius 3 is 2.52 bits per heavy atom. The Bertz CT molecular complexity index is 1410. The van der Waals surface area contributed by atoms with E-state index in [9.17, 15) is 23.2 Å². The summed E-state index contributed by atoms with van der Waals surface area (Å²) in [6, 6.07) is 11.1. The number of thiophene rings is 1. The van der Waals surface area contributed by atoms with Crippen LogP contribution in [0.2, 0.25) is 0 Å². The molecular weight excluding hydrogens is 451 g/mol. The number of carbonyl (C=O) groups is 1. The quantitative estimate of drug-likeness (QED) is 0.411. The van der Waals surface area contributed by atoms with Crippen LogP contribution in [0.15, 0.2) is 36.4 Å². The van der Waals surface area contributed by atoms with Gasteiger partial charge in [-0.25, -0.2) is 9.50 Å². The third-order valence-corrected chi connectivity index (χ3v) is 6.26. The second-order valence-electron chi connectivity index (χ2n) is 7.45. The van der Waals surface area contributed by atoms with E-state index >= 15 is 0 Å². The van der Waals surface area contributed by atoms with E-state index in [0.717, 1.165) is 22.1 Å². The average Bonchev–Trinajstić information content (AvgIpc) is 3.32. The number of aryl methyl sites for hydroxylation is 2. The molecule has 0 fully saturated rings. The maximum absolute atomic E-state index is 13.8. The average molecular weight is 469 g/mol. The van der Waals surface area contributed by atoms with Crippen molar-refractivity contribution in [3.8, 4) is 17.3 Å². The van der Waals surface area contributed by atoms with Gasteiger partial charge in [0.25, 0.3) is 5.91 Å². The van der Waals surface area contributed by atoms with E-state index in [-0.39, 0.29) is 17.0 Å². The van der Waals surface area contributed by atoms with Crippen LogP contribution in [-0.2, 0) is 12.6 Å². The highest BCUT2D eigenvalue weighted by Crippen LogP contribution is 2.34. The Labute approximate surface area is 191 Å². The number of aromatic nitrogens is 3. The van der Waals surface area contributed by atoms with Crippen LogP contribution in [0.1, 0.15) is 44.7 Å². The lowest BCUT2D eigenvalue weighted by atomic mass is 10.1. The predicted octanol–water partition coefficient (Wildman–Crippen LogP) is 5.78. The van der Waals surface area contributed by atoms with Gasteiger partial charge in [-0.2, -0.15) is 23.5 Å². The molecule has 1 N–H and O–H groups in total. The summed E-state index contributed by atoms with van der Waals surface area (Å²) in [6.45, 7) is 5.62. The maximum Gasteiger partial charge on any atom is 0.433 e. The van der Waals surface area contributed by atoms with E-state index in [1.54, 1.807) is 24.3 Å². The highest BCUT2D eigenvalue weighted by atomic mass is 32.1. The summed E-state index contributed by atoms with van der Waals surface area (Å²) in [5.41, 5.74) is 1.40. The monoisotopic (exact) mass is 469 g/mol. The number of halogens is 3. The number of rotatable bonds is 4. The number of nitriles is 1. The summed E-state index contributed by atoms with van der Waals surface area (Å²) in [5.74, 6) is -0.717. The van der Waals surface area contributed by atoms with E-state index in [0.29, 0.717) is 27.1 Å². The Hall–Kier alpha value is -3.71. The number of nitrogens with one attached hydrogen (secondary N) is 1. The molecule has 10 heteroatoms. The summed E-state index contributed by atoms with van der Waals surface area (Å²) >= 11 is 1.24. The molecule has 0 bridgehead atoms. The van der Waals surface area contributed by atoms with Crippen molar-refractivity contribution in [1.29, 1.82) is 5.26 Å². The molecule has 33 heavy (non-hydrogen) atoms. The highest BCUT2D eigenvalue weighted by molar-refractivity contribution is 7.16. The van der Waals surface area contributed by atoms with Crippen LogP contribution < -0.4 is 5.32 Å². The molecule has 3 heterocycles. The summed E-state index contributed by atoms with van der Waals surface area (Å²) in [6.07, 6.45) is -4.09. The largest absolute Gasteiger partial charge is 0.433 e. The molecule has 0 unspecified atom stereocenters. The van der Waals surface area contributed by atoms with Gasteiger partial charge in [-0.3, -0.25) is 4.79 Å². The first-order chi connectivity index (χ1) is 15.6. The zero-order valence-electron chi connectivity index (χ0n) is 17.9. The number of benzene rings is 1. The molecule has 1 amide bonds. The molecular formula is C23H18F3N5OS. The summed E-state index contributed by atoms with van der Waals surface area (Å²) in [5, 5.41) is 16.3. The van der Waals surface area contributed by atoms with Crippen LogP contribution in [0.5, 0.6) is 0 Å². The molecule has 0 saturated carbocycles. The number of anilines is 1. The molecule has 0 atom stereocenters. The molecule has 0 aliphatic heterocycles. The lowest BCUT2D eigenvalue weighted by Gasteiger charge is -2.11. The summed E-state index contributed by atoms with van der Waals surface area (Å²) in [7, 11) is 0. The molecule has 1 aromatic carbocycles. The van der Waals surface area contributed by atoms with Crippen molar-refractivity contribution < 1.29 is 18.0 Å². The number of hydrogen-bond donors (Lipinski definition) is 1. The Morgan fingerprint density at radius 1 is 1.21 bits per heavy atom. The lowest BCUT2D eigenvalue weighted by molar-refractivity contribution is -0.142. The number of hydrogen-bond acceptors (Lipinski definition) is 5. The minimum absolute atomic E-state index is 0.109. The molecule has 0 radical (unpaired) electrons. The van der Waals surface area contributed by atoms with Crippen LogP contribution in [0.3, 0.4) is 0 Å². The first kappa shape index (κ1) is 22.5. The van der Waals surface area contributed by atoms with Crippen LogP contribution in [0.4, 0.5) is 18.2 Å². The van der Waals surface area contributed by atoms with Crippen LogP contribution in [-0.4, -0.2) is 20.5 Å². The fourth-order valence-electron chi connectivity index (χ4n) is 3.54. The van der Waals surface area contributed by atoms with E-state index in [2.05, 4.69) is 21.5 Å². The smallest absolute Gasteiger partial charge is 0.311 e. The SMILES string of the molecule is CCc1c(C)sc(NC(=O)c2cc3nc(-c4ccc(C)cc4)cc(C(F)(F)F)n3n2)c1C#N. The van der Waals surface area contributed by atoms with E-state index in [4.69, 9.17) is 0 Å². The van der Waals surface area contributed by atoms with Crippen LogP contribution in [0.25, 0.3) is 16.9 Å². The number of fused-ring (bicyclic) bond motifs is 1. The standard InChI is InChI=1S/C23H18F3N5OS/c1-4-15-13(3)33-22(16(15)11-27)29-21(32)18-10-20-28-17(14-7-5-12(2)6-8-14)9-19(23(24,25)26)31(20)30-18/h5-10H,4H2,1-3H3,(H,29,32). The fourth-order valence-corrected chi connectivity index (χ4v) is 4.63. The van der Waals surface area contributed by atoms with Gasteiger partial charge in [0.15, 0.2) is 17.0 Å². The summed E-state index contributed by atoms with van der Waals surface area (Å²) in [4.78, 5) is 18.0. The van der Waals surface area contributed by atoms with Crippen LogP contribution >= 0.6 is 11.3 Å². The molecule has 0 aliphatic carbocycles. The van der Waals surface area contributed by atoms with E-state index in [1.807, 2.05) is 20.8 Å². The van der Waals surface area contributed by atoms with Gasteiger partial charge in [0.1, 0.15) is 11.1 Å². The van der Waals surface area contributed by atoms with Gasteiger partial charge in [-0.05, 0) is 31.9 Å².